The maximum Gasteiger partial charge on any atom is 0.118 e. The summed E-state index contributed by atoms with van der Waals surface area (Å²) in [7, 11) is 0. The first-order valence-corrected chi connectivity index (χ1v) is 10.4. The zero-order valence-corrected chi connectivity index (χ0v) is 18.3. The molecule has 0 unspecified atom stereocenters. The van der Waals surface area contributed by atoms with Crippen molar-refractivity contribution in [1.82, 2.24) is 9.55 Å². The first-order chi connectivity index (χ1) is 13.5. The second-order valence-electron chi connectivity index (χ2n) is 6.68. The van der Waals surface area contributed by atoms with Crippen LogP contribution in [0.1, 0.15) is 17.0 Å². The molecule has 4 aromatic rings. The highest BCUT2D eigenvalue weighted by Crippen LogP contribution is 2.31. The lowest BCUT2D eigenvalue weighted by Crippen LogP contribution is -2.01. The highest BCUT2D eigenvalue weighted by molar-refractivity contribution is 9.10. The number of rotatable bonds is 4. The van der Waals surface area contributed by atoms with E-state index in [-0.39, 0.29) is 0 Å². The number of halogens is 3. The lowest BCUT2D eigenvalue weighted by atomic mass is 10.1. The fourth-order valence-corrected chi connectivity index (χ4v) is 3.93. The van der Waals surface area contributed by atoms with Crippen LogP contribution in [0.3, 0.4) is 0 Å². The molecule has 3 aromatic carbocycles. The monoisotopic (exact) mass is 470 g/mol. The summed E-state index contributed by atoms with van der Waals surface area (Å²) in [5.41, 5.74) is 5.17. The van der Waals surface area contributed by atoms with Gasteiger partial charge in [0.05, 0.1) is 10.7 Å². The smallest absolute Gasteiger partial charge is 0.118 e. The van der Waals surface area contributed by atoms with E-state index in [2.05, 4.69) is 63.8 Å². The quantitative estimate of drug-likeness (QED) is 0.301. The van der Waals surface area contributed by atoms with Crippen molar-refractivity contribution < 1.29 is 0 Å². The van der Waals surface area contributed by atoms with Crippen molar-refractivity contribution in [2.45, 2.75) is 13.3 Å². The van der Waals surface area contributed by atoms with Gasteiger partial charge in [-0.3, -0.25) is 0 Å². The summed E-state index contributed by atoms with van der Waals surface area (Å²) < 4.78 is 3.20. The maximum absolute atomic E-state index is 6.44. The Hall–Kier alpha value is -2.07. The van der Waals surface area contributed by atoms with E-state index in [1.54, 1.807) is 6.07 Å². The van der Waals surface area contributed by atoms with E-state index in [1.807, 2.05) is 30.5 Å². The topological polar surface area (TPSA) is 17.8 Å². The molecular formula is C23H17BrCl2N2. The molecule has 0 N–H and O–H groups in total. The molecule has 0 spiro atoms. The summed E-state index contributed by atoms with van der Waals surface area (Å²) in [5.74, 6) is 0.953. The summed E-state index contributed by atoms with van der Waals surface area (Å²) in [6, 6.07) is 22.2. The highest BCUT2D eigenvalue weighted by Gasteiger charge is 2.14. The van der Waals surface area contributed by atoms with Crippen LogP contribution in [-0.4, -0.2) is 9.55 Å². The van der Waals surface area contributed by atoms with Crippen LogP contribution < -0.4 is 0 Å². The van der Waals surface area contributed by atoms with Crippen LogP contribution in [-0.2, 0) is 6.42 Å². The van der Waals surface area contributed by atoms with Crippen LogP contribution in [0.25, 0.3) is 16.9 Å². The van der Waals surface area contributed by atoms with Gasteiger partial charge in [0.1, 0.15) is 5.82 Å². The van der Waals surface area contributed by atoms with Gasteiger partial charge in [0.2, 0.25) is 0 Å². The van der Waals surface area contributed by atoms with E-state index in [1.165, 1.54) is 11.1 Å². The van der Waals surface area contributed by atoms with Gasteiger partial charge in [-0.1, -0.05) is 63.4 Å². The fraction of sp³-hybridized carbons (Fsp3) is 0.0870. The van der Waals surface area contributed by atoms with Crippen LogP contribution in [0, 0.1) is 6.92 Å². The zero-order valence-electron chi connectivity index (χ0n) is 15.2. The highest BCUT2D eigenvalue weighted by atomic mass is 79.9. The van der Waals surface area contributed by atoms with Gasteiger partial charge in [-0.25, -0.2) is 4.98 Å². The van der Waals surface area contributed by atoms with E-state index >= 15 is 0 Å². The van der Waals surface area contributed by atoms with Crippen molar-refractivity contribution in [3.05, 3.63) is 104 Å². The van der Waals surface area contributed by atoms with Crippen molar-refractivity contribution in [3.8, 4) is 16.9 Å². The van der Waals surface area contributed by atoms with Gasteiger partial charge in [-0.2, -0.15) is 0 Å². The predicted octanol–water partition coefficient (Wildman–Crippen LogP) is 7.51. The molecule has 0 bridgehead atoms. The Morgan fingerprint density at radius 2 is 1.75 bits per heavy atom. The third kappa shape index (κ3) is 4.17. The van der Waals surface area contributed by atoms with Gasteiger partial charge in [-0.15, -0.1) is 0 Å². The summed E-state index contributed by atoms with van der Waals surface area (Å²) in [5, 5.41) is 1.21. The third-order valence-electron chi connectivity index (χ3n) is 4.54. The molecular weight excluding hydrogens is 455 g/mol. The van der Waals surface area contributed by atoms with Gasteiger partial charge in [0, 0.05) is 33.4 Å². The average Bonchev–Trinajstić information content (AvgIpc) is 3.07. The van der Waals surface area contributed by atoms with Gasteiger partial charge in [0.15, 0.2) is 0 Å². The van der Waals surface area contributed by atoms with Gasteiger partial charge < -0.3 is 4.57 Å². The van der Waals surface area contributed by atoms with Gasteiger partial charge in [-0.05, 0) is 60.5 Å². The molecule has 0 radical (unpaired) electrons. The molecule has 0 atom stereocenters. The van der Waals surface area contributed by atoms with E-state index in [9.17, 15) is 0 Å². The number of aromatic nitrogens is 2. The van der Waals surface area contributed by atoms with Gasteiger partial charge >= 0.3 is 0 Å². The molecule has 0 aliphatic carbocycles. The maximum atomic E-state index is 6.44. The molecule has 140 valence electrons. The molecule has 0 fully saturated rings. The summed E-state index contributed by atoms with van der Waals surface area (Å²) in [4.78, 5) is 4.92. The molecule has 0 aliphatic rings. The molecule has 1 heterocycles. The first kappa shape index (κ1) is 19.3. The Balaban J connectivity index is 1.82. The van der Waals surface area contributed by atoms with E-state index in [0.29, 0.717) is 16.5 Å². The van der Waals surface area contributed by atoms with Crippen molar-refractivity contribution in [2.75, 3.05) is 0 Å². The molecule has 0 aliphatic heterocycles. The Morgan fingerprint density at radius 3 is 2.46 bits per heavy atom. The molecule has 5 heteroatoms. The van der Waals surface area contributed by atoms with Crippen molar-refractivity contribution in [1.29, 1.82) is 0 Å². The van der Waals surface area contributed by atoms with Crippen LogP contribution >= 0.6 is 39.1 Å². The molecule has 28 heavy (non-hydrogen) atoms. The normalized spacial score (nSPS) is 11.0. The van der Waals surface area contributed by atoms with Crippen molar-refractivity contribution >= 4 is 39.1 Å². The Bertz CT molecular complexity index is 1130. The number of hydrogen-bond donors (Lipinski definition) is 0. The Labute approximate surface area is 182 Å². The molecule has 1 aromatic heterocycles. The Morgan fingerprint density at radius 1 is 0.964 bits per heavy atom. The number of imidazole rings is 1. The molecule has 0 saturated heterocycles. The molecule has 4 rings (SSSR count). The second-order valence-corrected chi connectivity index (χ2v) is 8.44. The van der Waals surface area contributed by atoms with Gasteiger partial charge in [0.25, 0.3) is 0 Å². The molecule has 2 nitrogen and oxygen atoms in total. The van der Waals surface area contributed by atoms with Crippen molar-refractivity contribution in [2.24, 2.45) is 0 Å². The number of nitrogens with zero attached hydrogens (tertiary/aromatic N) is 2. The molecule has 0 amide bonds. The minimum atomic E-state index is 0.594. The summed E-state index contributed by atoms with van der Waals surface area (Å²) >= 11 is 16.0. The largest absolute Gasteiger partial charge is 0.303 e. The zero-order chi connectivity index (χ0) is 19.7. The van der Waals surface area contributed by atoms with Crippen LogP contribution in [0.4, 0.5) is 0 Å². The van der Waals surface area contributed by atoms with Crippen LogP contribution in [0.15, 0.2) is 77.4 Å². The van der Waals surface area contributed by atoms with Crippen LogP contribution in [0.5, 0.6) is 0 Å². The number of aryl methyl sites for hydroxylation is 1. The van der Waals surface area contributed by atoms with E-state index in [0.717, 1.165) is 27.2 Å². The Kier molecular flexibility index (Phi) is 5.58. The minimum Gasteiger partial charge on any atom is -0.303 e. The minimum absolute atomic E-state index is 0.594. The number of hydrogen-bond acceptors (Lipinski definition) is 1. The van der Waals surface area contributed by atoms with Crippen LogP contribution in [0.2, 0.25) is 10.0 Å². The molecule has 0 saturated carbocycles. The van der Waals surface area contributed by atoms with Crippen molar-refractivity contribution in [3.63, 3.8) is 0 Å². The van der Waals surface area contributed by atoms with E-state index in [4.69, 9.17) is 28.2 Å². The van der Waals surface area contributed by atoms with E-state index < -0.39 is 0 Å². The number of benzene rings is 3. The second kappa shape index (κ2) is 8.12. The summed E-state index contributed by atoms with van der Waals surface area (Å²) in [6.07, 6.45) is 2.75. The SMILES string of the molecule is Cc1cccc(-n2cc(-c3ccc(Cl)cc3Cl)nc2Cc2ccc(Br)cc2)c1. The lowest BCUT2D eigenvalue weighted by Gasteiger charge is -2.09. The summed E-state index contributed by atoms with van der Waals surface area (Å²) in [6.45, 7) is 2.09. The average molecular weight is 472 g/mol. The lowest BCUT2D eigenvalue weighted by molar-refractivity contribution is 0.912. The third-order valence-corrected chi connectivity index (χ3v) is 5.62. The first-order valence-electron chi connectivity index (χ1n) is 8.85. The predicted molar refractivity (Wildman–Crippen MR) is 121 cm³/mol. The standard InChI is InChI=1S/C23H17BrCl2N2/c1-15-3-2-4-19(11-15)28-14-22(20-10-9-18(25)13-21(20)26)27-23(28)12-16-5-7-17(24)8-6-16/h2-11,13-14H,12H2,1H3. The fourth-order valence-electron chi connectivity index (χ4n) is 3.16.